The Morgan fingerprint density at radius 3 is 3.25 bits per heavy atom. The number of thioether (sulfide) groups is 1. The summed E-state index contributed by atoms with van der Waals surface area (Å²) in [6.07, 6.45) is 2.68. The summed E-state index contributed by atoms with van der Waals surface area (Å²) >= 11 is 8.71. The van der Waals surface area contributed by atoms with Crippen molar-refractivity contribution in [1.29, 1.82) is 0 Å². The second-order valence-corrected chi connectivity index (χ2v) is 5.26. The number of rotatable bonds is 5. The van der Waals surface area contributed by atoms with Gasteiger partial charge in [0.05, 0.1) is 0 Å². The van der Waals surface area contributed by atoms with E-state index in [-0.39, 0.29) is 0 Å². The van der Waals surface area contributed by atoms with Crippen LogP contribution in [0.15, 0.2) is 34.3 Å². The molecule has 3 nitrogen and oxygen atoms in total. The fraction of sp³-hybridized carbons (Fsp3) is 0.200. The quantitative estimate of drug-likeness (QED) is 0.849. The number of aromatic nitrogens is 3. The molecule has 2 aromatic rings. The Kier molecular flexibility index (Phi) is 4.44. The minimum Gasteiger partial charge on any atom is -0.262 e. The van der Waals surface area contributed by atoms with Crippen LogP contribution >= 0.6 is 34.7 Å². The van der Waals surface area contributed by atoms with Crippen molar-refractivity contribution in [3.63, 3.8) is 0 Å². The highest BCUT2D eigenvalue weighted by molar-refractivity contribution is 7.99. The summed E-state index contributed by atoms with van der Waals surface area (Å²) in [6.45, 7) is 0. The molecule has 6 heteroatoms. The average molecular weight is 272 g/mol. The first-order chi connectivity index (χ1) is 7.88. The van der Waals surface area contributed by atoms with Gasteiger partial charge < -0.3 is 0 Å². The van der Waals surface area contributed by atoms with Crippen LogP contribution in [0.3, 0.4) is 0 Å². The van der Waals surface area contributed by atoms with E-state index in [9.17, 15) is 0 Å². The van der Waals surface area contributed by atoms with E-state index in [0.717, 1.165) is 23.2 Å². The lowest BCUT2D eigenvalue weighted by Gasteiger charge is -1.90. The minimum atomic E-state index is 0.765. The molecule has 0 aliphatic rings. The van der Waals surface area contributed by atoms with Gasteiger partial charge in [0.25, 0.3) is 0 Å². The van der Waals surface area contributed by atoms with E-state index in [0.29, 0.717) is 0 Å². The van der Waals surface area contributed by atoms with Gasteiger partial charge in [-0.15, -0.1) is 16.4 Å². The molecule has 0 aromatic carbocycles. The number of thiophene rings is 1. The van der Waals surface area contributed by atoms with Crippen molar-refractivity contribution >= 4 is 34.7 Å². The number of hydrogen-bond donors (Lipinski definition) is 1. The molecule has 2 aromatic heterocycles. The van der Waals surface area contributed by atoms with Crippen molar-refractivity contribution in [2.24, 2.45) is 0 Å². The molecule has 84 valence electrons. The Labute approximate surface area is 107 Å². The van der Waals surface area contributed by atoms with Crippen LogP contribution in [0.4, 0.5) is 0 Å². The zero-order chi connectivity index (χ0) is 11.2. The summed E-state index contributed by atoms with van der Waals surface area (Å²) in [7, 11) is 0. The summed E-state index contributed by atoms with van der Waals surface area (Å²) in [6, 6.07) is 4.13. The van der Waals surface area contributed by atoms with Crippen LogP contribution in [-0.4, -0.2) is 20.9 Å². The van der Waals surface area contributed by atoms with E-state index in [1.165, 1.54) is 10.4 Å². The van der Waals surface area contributed by atoms with Crippen LogP contribution in [0, 0.1) is 0 Å². The SMILES string of the molecule is Cl/C=C/CSc1n[nH]c(Cc2cccs2)n1. The average Bonchev–Trinajstić information content (AvgIpc) is 2.91. The molecule has 0 fully saturated rings. The lowest BCUT2D eigenvalue weighted by Crippen LogP contribution is -1.87. The fourth-order valence-corrected chi connectivity index (χ4v) is 2.69. The highest BCUT2D eigenvalue weighted by Gasteiger charge is 2.04. The van der Waals surface area contributed by atoms with Crippen LogP contribution in [0.5, 0.6) is 0 Å². The van der Waals surface area contributed by atoms with Crippen LogP contribution in [0.25, 0.3) is 0 Å². The Morgan fingerprint density at radius 1 is 1.56 bits per heavy atom. The Bertz CT molecular complexity index is 450. The summed E-state index contributed by atoms with van der Waals surface area (Å²) in [5.41, 5.74) is 1.51. The third-order valence-corrected chi connectivity index (χ3v) is 3.69. The largest absolute Gasteiger partial charge is 0.262 e. The maximum atomic E-state index is 5.43. The number of nitrogens with one attached hydrogen (secondary N) is 1. The third-order valence-electron chi connectivity index (χ3n) is 1.83. The minimum absolute atomic E-state index is 0.765. The molecule has 0 aliphatic carbocycles. The van der Waals surface area contributed by atoms with Crippen molar-refractivity contribution in [3.8, 4) is 0 Å². The second kappa shape index (κ2) is 6.08. The molecule has 0 saturated carbocycles. The van der Waals surface area contributed by atoms with Gasteiger partial charge in [0.15, 0.2) is 0 Å². The van der Waals surface area contributed by atoms with Crippen molar-refractivity contribution in [2.75, 3.05) is 5.75 Å². The molecular weight excluding hydrogens is 262 g/mol. The maximum Gasteiger partial charge on any atom is 0.208 e. The van der Waals surface area contributed by atoms with E-state index in [1.807, 2.05) is 12.1 Å². The summed E-state index contributed by atoms with van der Waals surface area (Å²) in [5.74, 6) is 1.69. The second-order valence-electron chi connectivity index (χ2n) is 2.99. The summed E-state index contributed by atoms with van der Waals surface area (Å²) in [4.78, 5) is 5.67. The van der Waals surface area contributed by atoms with Crippen molar-refractivity contribution in [2.45, 2.75) is 11.6 Å². The Hall–Kier alpha value is -0.780. The lowest BCUT2D eigenvalue weighted by atomic mass is 10.3. The van der Waals surface area contributed by atoms with Crippen LogP contribution in [0.1, 0.15) is 10.7 Å². The van der Waals surface area contributed by atoms with Gasteiger partial charge in [-0.2, -0.15) is 0 Å². The van der Waals surface area contributed by atoms with Gasteiger partial charge >= 0.3 is 0 Å². The van der Waals surface area contributed by atoms with Crippen molar-refractivity contribution in [1.82, 2.24) is 15.2 Å². The highest BCUT2D eigenvalue weighted by atomic mass is 35.5. The molecule has 0 atom stereocenters. The summed E-state index contributed by atoms with van der Waals surface area (Å²) < 4.78 is 0. The van der Waals surface area contributed by atoms with Gasteiger partial charge in [-0.1, -0.05) is 35.5 Å². The number of aromatic amines is 1. The molecule has 0 aliphatic heterocycles. The molecule has 0 amide bonds. The topological polar surface area (TPSA) is 41.6 Å². The first kappa shape index (κ1) is 11.7. The predicted molar refractivity (Wildman–Crippen MR) is 69.2 cm³/mol. The van der Waals surface area contributed by atoms with Crippen LogP contribution in [0.2, 0.25) is 0 Å². The number of H-pyrrole nitrogens is 1. The Morgan fingerprint density at radius 2 is 2.50 bits per heavy atom. The monoisotopic (exact) mass is 271 g/mol. The number of halogens is 1. The Balaban J connectivity index is 1.92. The van der Waals surface area contributed by atoms with Gasteiger partial charge in [-0.3, -0.25) is 5.10 Å². The van der Waals surface area contributed by atoms with Gasteiger partial charge in [0.2, 0.25) is 5.16 Å². The molecule has 0 spiro atoms. The zero-order valence-corrected chi connectivity index (χ0v) is 10.8. The zero-order valence-electron chi connectivity index (χ0n) is 8.39. The normalized spacial score (nSPS) is 11.3. The molecule has 0 bridgehead atoms. The van der Waals surface area contributed by atoms with Gasteiger partial charge in [-0.25, -0.2) is 4.98 Å². The van der Waals surface area contributed by atoms with Gasteiger partial charge in [-0.05, 0) is 11.4 Å². The predicted octanol–water partition coefficient (Wildman–Crippen LogP) is 3.30. The number of nitrogens with zero attached hydrogens (tertiary/aromatic N) is 2. The molecule has 0 unspecified atom stereocenters. The standard InChI is InChI=1S/C10H10ClN3S2/c11-4-2-6-16-10-12-9(13-14-10)7-8-3-1-5-15-8/h1-5H,6-7H2,(H,12,13,14)/b4-2+. The van der Waals surface area contributed by atoms with E-state index in [4.69, 9.17) is 11.6 Å². The highest BCUT2D eigenvalue weighted by Crippen LogP contribution is 2.16. The molecule has 2 heterocycles. The smallest absolute Gasteiger partial charge is 0.208 e. The molecule has 0 radical (unpaired) electrons. The molecule has 0 saturated heterocycles. The van der Waals surface area contributed by atoms with Crippen LogP contribution < -0.4 is 0 Å². The van der Waals surface area contributed by atoms with Gasteiger partial charge in [0.1, 0.15) is 5.82 Å². The molecule has 16 heavy (non-hydrogen) atoms. The third kappa shape index (κ3) is 3.37. The lowest BCUT2D eigenvalue weighted by molar-refractivity contribution is 0.961. The summed E-state index contributed by atoms with van der Waals surface area (Å²) in [5, 5.41) is 9.89. The van der Waals surface area contributed by atoms with Crippen molar-refractivity contribution < 1.29 is 0 Å². The van der Waals surface area contributed by atoms with Crippen molar-refractivity contribution in [3.05, 3.63) is 39.8 Å². The first-order valence-corrected chi connectivity index (χ1v) is 7.00. The molecule has 2 rings (SSSR count). The van der Waals surface area contributed by atoms with E-state index in [2.05, 4.69) is 26.6 Å². The van der Waals surface area contributed by atoms with Crippen LogP contribution in [-0.2, 0) is 6.42 Å². The van der Waals surface area contributed by atoms with E-state index in [1.54, 1.807) is 23.1 Å². The molecule has 1 N–H and O–H groups in total. The molecular formula is C10H10ClN3S2. The van der Waals surface area contributed by atoms with E-state index < -0.39 is 0 Å². The first-order valence-electron chi connectivity index (χ1n) is 4.70. The van der Waals surface area contributed by atoms with Gasteiger partial charge in [0, 0.05) is 22.6 Å². The van der Waals surface area contributed by atoms with E-state index >= 15 is 0 Å². The number of hydrogen-bond acceptors (Lipinski definition) is 4. The maximum absolute atomic E-state index is 5.43. The fourth-order valence-electron chi connectivity index (χ4n) is 1.16.